The van der Waals surface area contributed by atoms with Gasteiger partial charge >= 0.3 is 5.97 Å². The number of nitrogens with two attached hydrogens (primary N) is 1. The number of aliphatic carboxylic acids is 1. The Morgan fingerprint density at radius 1 is 1.09 bits per heavy atom. The topological polar surface area (TPSA) is 72.5 Å². The molecule has 0 aromatic rings. The molecule has 1 aliphatic heterocycles. The van der Waals surface area contributed by atoms with E-state index >= 15 is 0 Å². The maximum Gasteiger partial charge on any atom is 0.303 e. The molecule has 0 aromatic carbocycles. The van der Waals surface area contributed by atoms with Gasteiger partial charge in [-0.25, -0.2) is 0 Å². The van der Waals surface area contributed by atoms with Crippen molar-refractivity contribution in [1.29, 1.82) is 0 Å². The first-order chi connectivity index (χ1) is 15.7. The quantitative estimate of drug-likeness (QED) is 0.477. The maximum absolute atomic E-state index is 11.3. The number of fused-ring (bicyclic) bond motifs is 7. The minimum atomic E-state index is -0.608. The second kappa shape index (κ2) is 8.66. The van der Waals surface area contributed by atoms with Crippen LogP contribution in [0.1, 0.15) is 91.4 Å². The molecule has 0 aromatic heterocycles. The van der Waals surface area contributed by atoms with E-state index in [2.05, 4.69) is 27.4 Å². The van der Waals surface area contributed by atoms with Crippen LogP contribution in [0, 0.1) is 52.3 Å². The third kappa shape index (κ3) is 3.82. The third-order valence-electron chi connectivity index (χ3n) is 11.9. The lowest BCUT2D eigenvalue weighted by atomic mass is 9.44. The summed E-state index contributed by atoms with van der Waals surface area (Å²) in [6.45, 7) is 12.4. The summed E-state index contributed by atoms with van der Waals surface area (Å²) in [5, 5.41) is 9.31. The maximum atomic E-state index is 11.3. The van der Waals surface area contributed by atoms with Crippen LogP contribution in [0.2, 0.25) is 0 Å². The highest BCUT2D eigenvalue weighted by Crippen LogP contribution is 2.70. The fraction of sp³-hybridized carbons (Fsp3) is 0.897. The molecule has 5 rings (SSSR count). The Morgan fingerprint density at radius 2 is 1.85 bits per heavy atom. The number of ether oxygens (including phenoxy) is 1. The zero-order valence-corrected chi connectivity index (χ0v) is 21.2. The Labute approximate surface area is 201 Å². The summed E-state index contributed by atoms with van der Waals surface area (Å²) in [5.74, 6) is 4.35. The van der Waals surface area contributed by atoms with Crippen molar-refractivity contribution in [2.24, 2.45) is 58.0 Å². The van der Waals surface area contributed by atoms with E-state index < -0.39 is 5.97 Å². The molecule has 11 atom stereocenters. The van der Waals surface area contributed by atoms with Gasteiger partial charge in [0.15, 0.2) is 0 Å². The van der Waals surface area contributed by atoms with Gasteiger partial charge in [-0.15, -0.1) is 0 Å². The molecular weight excluding hydrogens is 410 g/mol. The molecule has 4 saturated carbocycles. The monoisotopic (exact) mass is 457 g/mol. The summed E-state index contributed by atoms with van der Waals surface area (Å²) in [6.07, 6.45) is 13.5. The van der Waals surface area contributed by atoms with Gasteiger partial charge in [-0.1, -0.05) is 32.9 Å². The minimum absolute atomic E-state index is 0.372. The Kier molecular flexibility index (Phi) is 6.26. The molecule has 0 bridgehead atoms. The van der Waals surface area contributed by atoms with Crippen LogP contribution in [0.25, 0.3) is 0 Å². The Bertz CT molecular complexity index is 781. The number of hydrogen-bond acceptors (Lipinski definition) is 3. The van der Waals surface area contributed by atoms with E-state index in [-0.39, 0.29) is 0 Å². The summed E-state index contributed by atoms with van der Waals surface area (Å²) in [7, 11) is 0. The van der Waals surface area contributed by atoms with Gasteiger partial charge < -0.3 is 15.6 Å². The standard InChI is InChI=1S/C29H47NO3/c1-17(16-30)5-8-24-18(2)27-25(33-24)15-23-21-7-6-20-13-19(14-26(31)32)9-11-28(20,3)22(21)10-12-29(23,27)4/h18-25,27H,1,5-16,30H2,2-4H3,(H,31,32)/t18-,19?,20?,21-,22+,23+,24?,25+,27+,28+,29+/m1/s1. The molecule has 0 spiro atoms. The lowest BCUT2D eigenvalue weighted by Gasteiger charge is -2.61. The van der Waals surface area contributed by atoms with Crippen molar-refractivity contribution in [3.05, 3.63) is 12.2 Å². The fourth-order valence-electron chi connectivity index (χ4n) is 10.2. The third-order valence-corrected chi connectivity index (χ3v) is 11.9. The molecule has 5 fully saturated rings. The largest absolute Gasteiger partial charge is 0.481 e. The van der Waals surface area contributed by atoms with Crippen molar-refractivity contribution < 1.29 is 14.6 Å². The molecule has 186 valence electrons. The SMILES string of the molecule is C=C(CN)CCC1O[C@H]2C[C@H]3[C@@H]4CCC5CC(CC(=O)O)CC[C@]5(C)[C@H]4CC[C@]3(C)[C@H]2[C@@H]1C. The lowest BCUT2D eigenvalue weighted by Crippen LogP contribution is -2.54. The average Bonchev–Trinajstić information content (AvgIpc) is 3.25. The Balaban J connectivity index is 1.29. The minimum Gasteiger partial charge on any atom is -0.481 e. The molecule has 3 N–H and O–H groups in total. The first-order valence-electron chi connectivity index (χ1n) is 13.9. The van der Waals surface area contributed by atoms with Crippen molar-refractivity contribution in [3.63, 3.8) is 0 Å². The van der Waals surface area contributed by atoms with Crippen molar-refractivity contribution in [3.8, 4) is 0 Å². The predicted molar refractivity (Wildman–Crippen MR) is 132 cm³/mol. The van der Waals surface area contributed by atoms with E-state index in [9.17, 15) is 9.90 Å². The summed E-state index contributed by atoms with van der Waals surface area (Å²) < 4.78 is 6.77. The molecule has 4 heteroatoms. The fourth-order valence-corrected chi connectivity index (χ4v) is 10.2. The first-order valence-corrected chi connectivity index (χ1v) is 13.9. The highest BCUT2D eigenvalue weighted by molar-refractivity contribution is 5.67. The van der Waals surface area contributed by atoms with E-state index in [0.717, 1.165) is 54.9 Å². The van der Waals surface area contributed by atoms with Crippen molar-refractivity contribution in [2.45, 2.75) is 104 Å². The number of carboxylic acid groups (broad SMARTS) is 1. The van der Waals surface area contributed by atoms with Crippen LogP contribution in [-0.4, -0.2) is 29.8 Å². The van der Waals surface area contributed by atoms with Crippen LogP contribution < -0.4 is 5.73 Å². The van der Waals surface area contributed by atoms with Crippen LogP contribution in [0.5, 0.6) is 0 Å². The van der Waals surface area contributed by atoms with Gasteiger partial charge in [-0.3, -0.25) is 4.79 Å². The summed E-state index contributed by atoms with van der Waals surface area (Å²) in [4.78, 5) is 11.3. The zero-order chi connectivity index (χ0) is 23.5. The van der Waals surface area contributed by atoms with Crippen molar-refractivity contribution in [2.75, 3.05) is 6.54 Å². The molecular formula is C29H47NO3. The molecule has 5 aliphatic rings. The first kappa shape index (κ1) is 23.9. The lowest BCUT2D eigenvalue weighted by molar-refractivity contribution is -0.142. The van der Waals surface area contributed by atoms with Crippen molar-refractivity contribution >= 4 is 5.97 Å². The van der Waals surface area contributed by atoms with Gasteiger partial charge in [-0.2, -0.15) is 0 Å². The van der Waals surface area contributed by atoms with E-state index in [1.54, 1.807) is 0 Å². The van der Waals surface area contributed by atoms with Gasteiger partial charge in [0.05, 0.1) is 12.2 Å². The molecule has 4 nitrogen and oxygen atoms in total. The van der Waals surface area contributed by atoms with E-state index in [1.807, 2.05) is 0 Å². The molecule has 0 amide bonds. The summed E-state index contributed by atoms with van der Waals surface area (Å²) >= 11 is 0. The Hall–Kier alpha value is -0.870. The van der Waals surface area contributed by atoms with Crippen molar-refractivity contribution in [1.82, 2.24) is 0 Å². The predicted octanol–water partition coefficient (Wildman–Crippen LogP) is 6.04. The molecule has 0 radical (unpaired) electrons. The number of carbonyl (C=O) groups is 1. The smallest absolute Gasteiger partial charge is 0.303 e. The average molecular weight is 458 g/mol. The summed E-state index contributed by atoms with van der Waals surface area (Å²) in [5.41, 5.74) is 7.77. The number of rotatable bonds is 6. The van der Waals surface area contributed by atoms with Crippen LogP contribution in [-0.2, 0) is 9.53 Å². The van der Waals surface area contributed by atoms with Gasteiger partial charge in [0.2, 0.25) is 0 Å². The van der Waals surface area contributed by atoms with Crippen LogP contribution in [0.15, 0.2) is 12.2 Å². The second-order valence-electron chi connectivity index (χ2n) is 13.3. The zero-order valence-electron chi connectivity index (χ0n) is 21.2. The Morgan fingerprint density at radius 3 is 2.58 bits per heavy atom. The van der Waals surface area contributed by atoms with Crippen LogP contribution >= 0.6 is 0 Å². The van der Waals surface area contributed by atoms with E-state index in [4.69, 9.17) is 10.5 Å². The van der Waals surface area contributed by atoms with E-state index in [0.29, 0.717) is 53.8 Å². The summed E-state index contributed by atoms with van der Waals surface area (Å²) in [6, 6.07) is 0. The second-order valence-corrected chi connectivity index (χ2v) is 13.3. The van der Waals surface area contributed by atoms with Gasteiger partial charge in [0, 0.05) is 13.0 Å². The van der Waals surface area contributed by atoms with Crippen LogP contribution in [0.4, 0.5) is 0 Å². The molecule has 33 heavy (non-hydrogen) atoms. The highest BCUT2D eigenvalue weighted by atomic mass is 16.5. The molecule has 1 saturated heterocycles. The van der Waals surface area contributed by atoms with Gasteiger partial charge in [0.25, 0.3) is 0 Å². The van der Waals surface area contributed by atoms with E-state index in [1.165, 1.54) is 38.5 Å². The number of hydrogen-bond donors (Lipinski definition) is 2. The normalized spacial score (nSPS) is 50.7. The molecule has 3 unspecified atom stereocenters. The molecule has 4 aliphatic carbocycles. The highest BCUT2D eigenvalue weighted by Gasteiger charge is 2.65. The number of carboxylic acids is 1. The van der Waals surface area contributed by atoms with Gasteiger partial charge in [0.1, 0.15) is 0 Å². The molecule has 1 heterocycles. The van der Waals surface area contributed by atoms with Crippen LogP contribution in [0.3, 0.4) is 0 Å². The van der Waals surface area contributed by atoms with Gasteiger partial charge in [-0.05, 0) is 116 Å².